The van der Waals surface area contributed by atoms with Crippen molar-refractivity contribution < 1.29 is 23.6 Å². The van der Waals surface area contributed by atoms with Crippen LogP contribution in [0.1, 0.15) is 70.5 Å². The van der Waals surface area contributed by atoms with Gasteiger partial charge in [-0.1, -0.05) is 18.5 Å². The van der Waals surface area contributed by atoms with Crippen molar-refractivity contribution in [3.05, 3.63) is 11.8 Å². The van der Waals surface area contributed by atoms with Crippen molar-refractivity contribution in [2.75, 3.05) is 11.9 Å². The highest BCUT2D eigenvalue weighted by molar-refractivity contribution is 5.95. The minimum atomic E-state index is -0.930. The van der Waals surface area contributed by atoms with Crippen molar-refractivity contribution in [2.24, 2.45) is 23.2 Å². The van der Waals surface area contributed by atoms with Crippen LogP contribution >= 0.6 is 0 Å². The van der Waals surface area contributed by atoms with Crippen molar-refractivity contribution >= 4 is 23.6 Å². The molecule has 1 aromatic heterocycles. The van der Waals surface area contributed by atoms with Crippen LogP contribution in [0.25, 0.3) is 0 Å². The fourth-order valence-electron chi connectivity index (χ4n) is 6.19. The molecule has 8 nitrogen and oxygen atoms in total. The molecule has 0 radical (unpaired) electrons. The van der Waals surface area contributed by atoms with Gasteiger partial charge in [-0.2, -0.15) is 0 Å². The number of anilines is 1. The van der Waals surface area contributed by atoms with E-state index in [1.165, 1.54) is 19.3 Å². The molecule has 4 fully saturated rings. The predicted octanol–water partition coefficient (Wildman–Crippen LogP) is 3.36. The fraction of sp³-hybridized carbons (Fsp3) is 0.739. The summed E-state index contributed by atoms with van der Waals surface area (Å²) in [6, 6.07) is 1.60. The Morgan fingerprint density at radius 2 is 1.84 bits per heavy atom. The van der Waals surface area contributed by atoms with Gasteiger partial charge in [-0.05, 0) is 76.0 Å². The van der Waals surface area contributed by atoms with Crippen LogP contribution in [0.5, 0.6) is 0 Å². The first-order valence-corrected chi connectivity index (χ1v) is 11.6. The van der Waals surface area contributed by atoms with E-state index in [4.69, 9.17) is 9.26 Å². The van der Waals surface area contributed by atoms with Crippen LogP contribution in [0.3, 0.4) is 0 Å². The van der Waals surface area contributed by atoms with Crippen molar-refractivity contribution in [1.29, 1.82) is 0 Å². The first kappa shape index (κ1) is 21.8. The molecule has 4 aliphatic rings. The Morgan fingerprint density at radius 3 is 2.39 bits per heavy atom. The average Bonchev–Trinajstić information content (AvgIpc) is 3.12. The molecule has 170 valence electrons. The number of unbranched alkanes of at least 4 members (excludes halogenated alkanes) is 1. The van der Waals surface area contributed by atoms with Gasteiger partial charge in [0.1, 0.15) is 12.3 Å². The van der Waals surface area contributed by atoms with Crippen LogP contribution in [0.15, 0.2) is 10.6 Å². The standard InChI is InChI=1S/C23H33N3O5/c1-3-4-5-18(21(28)25-19-6-14(2)31-26-19)30-20(27)13-24-22(29)23-10-15-7-16(11-23)9-17(8-15)12-23/h6,15-18H,3-5,7-13H2,1-2H3,(H,24,29)(H,25,26,28). The Bertz CT molecular complexity index is 798. The van der Waals surface area contributed by atoms with Gasteiger partial charge in [0, 0.05) is 11.5 Å². The van der Waals surface area contributed by atoms with Crippen LogP contribution < -0.4 is 10.6 Å². The molecule has 0 aromatic carbocycles. The van der Waals surface area contributed by atoms with E-state index in [1.54, 1.807) is 13.0 Å². The molecule has 4 aliphatic carbocycles. The van der Waals surface area contributed by atoms with Crippen LogP contribution in [-0.2, 0) is 19.1 Å². The number of rotatable bonds is 9. The van der Waals surface area contributed by atoms with Crippen molar-refractivity contribution in [2.45, 2.75) is 77.7 Å². The Balaban J connectivity index is 1.30. The highest BCUT2D eigenvalue weighted by Crippen LogP contribution is 2.60. The largest absolute Gasteiger partial charge is 0.451 e. The van der Waals surface area contributed by atoms with Crippen molar-refractivity contribution in [1.82, 2.24) is 10.5 Å². The summed E-state index contributed by atoms with van der Waals surface area (Å²) in [6.07, 6.45) is 7.69. The molecule has 5 rings (SSSR count). The summed E-state index contributed by atoms with van der Waals surface area (Å²) in [5.74, 6) is 1.79. The topological polar surface area (TPSA) is 111 Å². The highest BCUT2D eigenvalue weighted by atomic mass is 16.5. The number of aryl methyl sites for hydroxylation is 1. The second kappa shape index (κ2) is 9.01. The molecule has 2 N–H and O–H groups in total. The van der Waals surface area contributed by atoms with Crippen LogP contribution in [-0.4, -0.2) is 35.6 Å². The molecule has 8 heteroatoms. The minimum absolute atomic E-state index is 0.0174. The molecule has 31 heavy (non-hydrogen) atoms. The maximum absolute atomic E-state index is 13.0. The number of hydrogen-bond acceptors (Lipinski definition) is 6. The highest BCUT2D eigenvalue weighted by Gasteiger charge is 2.54. The molecule has 4 bridgehead atoms. The SMILES string of the molecule is CCCCC(OC(=O)CNC(=O)C12CC3CC(CC(C3)C1)C2)C(=O)Nc1cc(C)on1. The molecular weight excluding hydrogens is 398 g/mol. The van der Waals surface area contributed by atoms with Gasteiger partial charge < -0.3 is 19.9 Å². The van der Waals surface area contributed by atoms with Gasteiger partial charge in [0.25, 0.3) is 5.91 Å². The molecule has 1 aromatic rings. The number of aromatic nitrogens is 1. The second-order valence-electron chi connectivity index (χ2n) is 9.81. The van der Waals surface area contributed by atoms with Gasteiger partial charge in [0.15, 0.2) is 11.9 Å². The van der Waals surface area contributed by atoms with Gasteiger partial charge in [-0.25, -0.2) is 0 Å². The number of nitrogens with one attached hydrogen (secondary N) is 2. The molecule has 1 heterocycles. The van der Waals surface area contributed by atoms with E-state index in [-0.39, 0.29) is 23.7 Å². The van der Waals surface area contributed by atoms with E-state index in [9.17, 15) is 14.4 Å². The lowest BCUT2D eigenvalue weighted by atomic mass is 9.49. The molecule has 0 aliphatic heterocycles. The van der Waals surface area contributed by atoms with Crippen LogP contribution in [0.2, 0.25) is 0 Å². The van der Waals surface area contributed by atoms with Gasteiger partial charge in [-0.3, -0.25) is 14.4 Å². The molecule has 4 saturated carbocycles. The van der Waals surface area contributed by atoms with Crippen molar-refractivity contribution in [3.8, 4) is 0 Å². The van der Waals surface area contributed by atoms with E-state index in [0.717, 1.165) is 32.1 Å². The van der Waals surface area contributed by atoms with E-state index in [2.05, 4.69) is 15.8 Å². The number of amides is 2. The fourth-order valence-corrected chi connectivity index (χ4v) is 6.19. The third-order valence-electron chi connectivity index (χ3n) is 7.18. The van der Waals surface area contributed by atoms with Gasteiger partial charge in [0.2, 0.25) is 5.91 Å². The van der Waals surface area contributed by atoms with Crippen LogP contribution in [0, 0.1) is 30.1 Å². The number of nitrogens with zero attached hydrogens (tertiary/aromatic N) is 1. The molecule has 0 saturated heterocycles. The third kappa shape index (κ3) is 4.93. The van der Waals surface area contributed by atoms with E-state index in [1.807, 2.05) is 6.92 Å². The monoisotopic (exact) mass is 431 g/mol. The zero-order valence-corrected chi connectivity index (χ0v) is 18.4. The number of esters is 1. The van der Waals surface area contributed by atoms with E-state index < -0.39 is 18.0 Å². The molecule has 1 unspecified atom stereocenters. The Hall–Kier alpha value is -2.38. The normalized spacial score (nSPS) is 29.4. The van der Waals surface area contributed by atoms with Crippen molar-refractivity contribution in [3.63, 3.8) is 0 Å². The third-order valence-corrected chi connectivity index (χ3v) is 7.18. The van der Waals surface area contributed by atoms with E-state index >= 15 is 0 Å². The van der Waals surface area contributed by atoms with E-state index in [0.29, 0.717) is 29.9 Å². The summed E-state index contributed by atoms with van der Waals surface area (Å²) in [6.45, 7) is 3.52. The Labute approximate surface area is 182 Å². The lowest BCUT2D eigenvalue weighted by molar-refractivity contribution is -0.156. The lowest BCUT2D eigenvalue weighted by Crippen LogP contribution is -2.54. The number of ether oxygens (including phenoxy) is 1. The summed E-state index contributed by atoms with van der Waals surface area (Å²) in [5, 5.41) is 9.19. The Morgan fingerprint density at radius 1 is 1.19 bits per heavy atom. The quantitative estimate of drug-likeness (QED) is 0.580. The summed E-state index contributed by atoms with van der Waals surface area (Å²) in [7, 11) is 0. The summed E-state index contributed by atoms with van der Waals surface area (Å²) in [5.41, 5.74) is -0.307. The maximum atomic E-state index is 13.0. The molecular formula is C23H33N3O5. The van der Waals surface area contributed by atoms with Gasteiger partial charge >= 0.3 is 5.97 Å². The molecule has 0 spiro atoms. The summed E-state index contributed by atoms with van der Waals surface area (Å²) < 4.78 is 10.4. The first-order valence-electron chi connectivity index (χ1n) is 11.6. The van der Waals surface area contributed by atoms with Crippen LogP contribution in [0.4, 0.5) is 5.82 Å². The van der Waals surface area contributed by atoms with Gasteiger partial charge in [-0.15, -0.1) is 0 Å². The molecule has 2 amide bonds. The lowest BCUT2D eigenvalue weighted by Gasteiger charge is -2.55. The number of hydrogen-bond donors (Lipinski definition) is 2. The zero-order chi connectivity index (χ0) is 22.0. The minimum Gasteiger partial charge on any atom is -0.451 e. The number of carbonyl (C=O) groups excluding carboxylic acids is 3. The molecule has 1 atom stereocenters. The van der Waals surface area contributed by atoms with Gasteiger partial charge in [0.05, 0.1) is 0 Å². The first-order chi connectivity index (χ1) is 14.9. The summed E-state index contributed by atoms with van der Waals surface area (Å²) in [4.78, 5) is 38.1. The summed E-state index contributed by atoms with van der Waals surface area (Å²) >= 11 is 0. The smallest absolute Gasteiger partial charge is 0.326 e. The zero-order valence-electron chi connectivity index (χ0n) is 18.4. The second-order valence-corrected chi connectivity index (χ2v) is 9.81. The number of carbonyl (C=O) groups is 3. The predicted molar refractivity (Wildman–Crippen MR) is 113 cm³/mol. The maximum Gasteiger partial charge on any atom is 0.326 e. The average molecular weight is 432 g/mol. The Kier molecular flexibility index (Phi) is 6.34.